The molecule has 0 aromatic heterocycles. The third kappa shape index (κ3) is 2.85. The van der Waals surface area contributed by atoms with Gasteiger partial charge in [0.2, 0.25) is 0 Å². The SMILES string of the molecule is CCCC1CC(O)(c2cccc(OC)c2)CCO1. The molecule has 3 nitrogen and oxygen atoms in total. The van der Waals surface area contributed by atoms with E-state index in [0.717, 1.165) is 24.2 Å². The van der Waals surface area contributed by atoms with Crippen LogP contribution in [0, 0.1) is 0 Å². The van der Waals surface area contributed by atoms with E-state index in [1.54, 1.807) is 7.11 Å². The number of hydrogen-bond donors (Lipinski definition) is 1. The van der Waals surface area contributed by atoms with Crippen molar-refractivity contribution in [3.63, 3.8) is 0 Å². The molecule has 1 aliphatic heterocycles. The molecule has 1 N–H and O–H groups in total. The monoisotopic (exact) mass is 250 g/mol. The van der Waals surface area contributed by atoms with Crippen molar-refractivity contribution >= 4 is 0 Å². The van der Waals surface area contributed by atoms with Crippen molar-refractivity contribution < 1.29 is 14.6 Å². The fourth-order valence-corrected chi connectivity index (χ4v) is 2.61. The van der Waals surface area contributed by atoms with Crippen molar-refractivity contribution in [2.75, 3.05) is 13.7 Å². The van der Waals surface area contributed by atoms with Crippen LogP contribution in [0.15, 0.2) is 24.3 Å². The Morgan fingerprint density at radius 1 is 1.50 bits per heavy atom. The van der Waals surface area contributed by atoms with Crippen molar-refractivity contribution in [2.24, 2.45) is 0 Å². The molecular weight excluding hydrogens is 228 g/mol. The summed E-state index contributed by atoms with van der Waals surface area (Å²) in [7, 11) is 1.65. The molecule has 1 saturated heterocycles. The lowest BCUT2D eigenvalue weighted by Crippen LogP contribution is -2.38. The van der Waals surface area contributed by atoms with Gasteiger partial charge in [-0.2, -0.15) is 0 Å². The second kappa shape index (κ2) is 5.72. The van der Waals surface area contributed by atoms with Crippen LogP contribution in [-0.4, -0.2) is 24.9 Å². The minimum atomic E-state index is -0.771. The number of rotatable bonds is 4. The van der Waals surface area contributed by atoms with Gasteiger partial charge in [0.15, 0.2) is 0 Å². The first-order chi connectivity index (χ1) is 8.68. The van der Waals surface area contributed by atoms with E-state index in [0.29, 0.717) is 19.4 Å². The van der Waals surface area contributed by atoms with Crippen molar-refractivity contribution in [3.05, 3.63) is 29.8 Å². The zero-order valence-electron chi connectivity index (χ0n) is 11.2. The maximum Gasteiger partial charge on any atom is 0.119 e. The van der Waals surface area contributed by atoms with Gasteiger partial charge in [-0.25, -0.2) is 0 Å². The van der Waals surface area contributed by atoms with Crippen molar-refractivity contribution in [3.8, 4) is 5.75 Å². The molecule has 18 heavy (non-hydrogen) atoms. The second-order valence-electron chi connectivity index (χ2n) is 5.00. The average molecular weight is 250 g/mol. The molecule has 0 radical (unpaired) electrons. The first-order valence-electron chi connectivity index (χ1n) is 6.66. The van der Waals surface area contributed by atoms with Crippen LogP contribution in [0.3, 0.4) is 0 Å². The van der Waals surface area contributed by atoms with Crippen LogP contribution >= 0.6 is 0 Å². The predicted molar refractivity (Wildman–Crippen MR) is 70.8 cm³/mol. The second-order valence-corrected chi connectivity index (χ2v) is 5.00. The van der Waals surface area contributed by atoms with Crippen LogP contribution in [0.2, 0.25) is 0 Å². The Morgan fingerprint density at radius 3 is 3.06 bits per heavy atom. The van der Waals surface area contributed by atoms with E-state index >= 15 is 0 Å². The Morgan fingerprint density at radius 2 is 2.33 bits per heavy atom. The molecule has 3 heteroatoms. The van der Waals surface area contributed by atoms with Crippen LogP contribution in [0.4, 0.5) is 0 Å². The van der Waals surface area contributed by atoms with Crippen molar-refractivity contribution in [1.29, 1.82) is 0 Å². The highest BCUT2D eigenvalue weighted by atomic mass is 16.5. The Kier molecular flexibility index (Phi) is 4.25. The van der Waals surface area contributed by atoms with Gasteiger partial charge in [-0.15, -0.1) is 0 Å². The molecular formula is C15H22O3. The molecule has 0 bridgehead atoms. The molecule has 100 valence electrons. The maximum absolute atomic E-state index is 10.8. The Bertz CT molecular complexity index is 389. The van der Waals surface area contributed by atoms with Crippen LogP contribution in [0.5, 0.6) is 5.75 Å². The Labute approximate surface area is 109 Å². The summed E-state index contributed by atoms with van der Waals surface area (Å²) in [6.07, 6.45) is 3.58. The topological polar surface area (TPSA) is 38.7 Å². The minimum Gasteiger partial charge on any atom is -0.497 e. The molecule has 1 fully saturated rings. The van der Waals surface area contributed by atoms with Gasteiger partial charge in [0.1, 0.15) is 5.75 Å². The maximum atomic E-state index is 10.8. The zero-order chi connectivity index (χ0) is 13.0. The molecule has 1 aliphatic rings. The number of methoxy groups -OCH3 is 1. The molecule has 2 rings (SSSR count). The van der Waals surface area contributed by atoms with E-state index < -0.39 is 5.60 Å². The zero-order valence-corrected chi connectivity index (χ0v) is 11.2. The first-order valence-corrected chi connectivity index (χ1v) is 6.66. The lowest BCUT2D eigenvalue weighted by molar-refractivity contribution is -0.110. The van der Waals surface area contributed by atoms with E-state index in [1.807, 2.05) is 24.3 Å². The van der Waals surface area contributed by atoms with Gasteiger partial charge >= 0.3 is 0 Å². The summed E-state index contributed by atoms with van der Waals surface area (Å²) in [6.45, 7) is 2.76. The molecule has 1 heterocycles. The van der Waals surface area contributed by atoms with Gasteiger partial charge in [-0.05, 0) is 24.1 Å². The molecule has 0 saturated carbocycles. The molecule has 0 amide bonds. The summed E-state index contributed by atoms with van der Waals surface area (Å²) < 4.78 is 10.9. The smallest absolute Gasteiger partial charge is 0.119 e. The van der Waals surface area contributed by atoms with Gasteiger partial charge in [-0.1, -0.05) is 25.5 Å². The summed E-state index contributed by atoms with van der Waals surface area (Å²) in [5.41, 5.74) is 0.165. The molecule has 0 spiro atoms. The van der Waals surface area contributed by atoms with Gasteiger partial charge in [-0.3, -0.25) is 0 Å². The van der Waals surface area contributed by atoms with E-state index in [2.05, 4.69) is 6.92 Å². The molecule has 1 aromatic carbocycles. The van der Waals surface area contributed by atoms with Crippen molar-refractivity contribution in [1.82, 2.24) is 0 Å². The van der Waals surface area contributed by atoms with E-state index in [4.69, 9.17) is 9.47 Å². The summed E-state index contributed by atoms with van der Waals surface area (Å²) in [6, 6.07) is 7.72. The summed E-state index contributed by atoms with van der Waals surface area (Å²) in [5.74, 6) is 0.791. The number of hydrogen-bond acceptors (Lipinski definition) is 3. The molecule has 2 atom stereocenters. The molecule has 2 unspecified atom stereocenters. The Balaban J connectivity index is 2.18. The van der Waals surface area contributed by atoms with E-state index in [-0.39, 0.29) is 6.10 Å². The lowest BCUT2D eigenvalue weighted by Gasteiger charge is -2.37. The normalized spacial score (nSPS) is 28.1. The number of ether oxygens (including phenoxy) is 2. The van der Waals surface area contributed by atoms with Gasteiger partial charge in [0.05, 0.1) is 25.4 Å². The van der Waals surface area contributed by atoms with Gasteiger partial charge in [0.25, 0.3) is 0 Å². The highest BCUT2D eigenvalue weighted by molar-refractivity contribution is 5.32. The summed E-state index contributed by atoms with van der Waals surface area (Å²) in [4.78, 5) is 0. The molecule has 0 aliphatic carbocycles. The van der Waals surface area contributed by atoms with E-state index in [1.165, 1.54) is 0 Å². The van der Waals surface area contributed by atoms with Crippen molar-refractivity contribution in [2.45, 2.75) is 44.3 Å². The summed E-state index contributed by atoms with van der Waals surface area (Å²) >= 11 is 0. The van der Waals surface area contributed by atoms with Crippen LogP contribution in [0.25, 0.3) is 0 Å². The highest BCUT2D eigenvalue weighted by Crippen LogP contribution is 2.36. The summed E-state index contributed by atoms with van der Waals surface area (Å²) in [5, 5.41) is 10.8. The standard InChI is InChI=1S/C15H22O3/c1-3-5-14-11-15(16,8-9-18-14)12-6-4-7-13(10-12)17-2/h4,6-7,10,14,16H,3,5,8-9,11H2,1-2H3. The highest BCUT2D eigenvalue weighted by Gasteiger charge is 2.36. The first kappa shape index (κ1) is 13.4. The number of aliphatic hydroxyl groups is 1. The molecule has 1 aromatic rings. The fraction of sp³-hybridized carbons (Fsp3) is 0.600. The van der Waals surface area contributed by atoms with Gasteiger partial charge in [0, 0.05) is 12.8 Å². The minimum absolute atomic E-state index is 0.167. The van der Waals surface area contributed by atoms with E-state index in [9.17, 15) is 5.11 Å². The third-order valence-corrected chi connectivity index (χ3v) is 3.65. The fourth-order valence-electron chi connectivity index (χ4n) is 2.61. The Hall–Kier alpha value is -1.06. The predicted octanol–water partition coefficient (Wildman–Crippen LogP) is 2.86. The van der Waals surface area contributed by atoms with Crippen LogP contribution in [-0.2, 0) is 10.3 Å². The average Bonchev–Trinajstić information content (AvgIpc) is 2.39. The largest absolute Gasteiger partial charge is 0.497 e. The quantitative estimate of drug-likeness (QED) is 0.893. The third-order valence-electron chi connectivity index (χ3n) is 3.65. The lowest BCUT2D eigenvalue weighted by atomic mass is 9.83. The van der Waals surface area contributed by atoms with Gasteiger partial charge < -0.3 is 14.6 Å². The number of benzene rings is 1. The van der Waals surface area contributed by atoms with Crippen LogP contribution < -0.4 is 4.74 Å². The van der Waals surface area contributed by atoms with Crippen LogP contribution in [0.1, 0.15) is 38.2 Å².